The molecule has 1 aliphatic heterocycles. The van der Waals surface area contributed by atoms with Gasteiger partial charge in [0.25, 0.3) is 0 Å². The zero-order chi connectivity index (χ0) is 12.5. The van der Waals surface area contributed by atoms with Crippen LogP contribution in [0.2, 0.25) is 0 Å². The van der Waals surface area contributed by atoms with Crippen molar-refractivity contribution in [1.29, 1.82) is 0 Å². The fraction of sp³-hybridized carbons (Fsp3) is 0.429. The van der Waals surface area contributed by atoms with E-state index in [2.05, 4.69) is 11.4 Å². The molecular formula is C14H17NO2. The lowest BCUT2D eigenvalue weighted by Crippen LogP contribution is -2.26. The first-order chi connectivity index (χ1) is 8.05. The summed E-state index contributed by atoms with van der Waals surface area (Å²) in [6.07, 6.45) is 3.29. The van der Waals surface area contributed by atoms with Gasteiger partial charge in [-0.05, 0) is 43.9 Å². The van der Waals surface area contributed by atoms with Crippen molar-refractivity contribution in [3.8, 4) is 0 Å². The molecule has 0 aromatic heterocycles. The third kappa shape index (κ3) is 2.09. The van der Waals surface area contributed by atoms with E-state index in [9.17, 15) is 9.59 Å². The molecule has 1 aromatic rings. The molecule has 0 unspecified atom stereocenters. The molecule has 3 heteroatoms. The van der Waals surface area contributed by atoms with Gasteiger partial charge in [0.1, 0.15) is 6.29 Å². The van der Waals surface area contributed by atoms with Gasteiger partial charge in [-0.15, -0.1) is 0 Å². The lowest BCUT2D eigenvalue weighted by atomic mass is 9.85. The second kappa shape index (κ2) is 4.32. The Morgan fingerprint density at radius 1 is 1.35 bits per heavy atom. The molecule has 0 saturated carbocycles. The number of hydrogen-bond acceptors (Lipinski definition) is 2. The predicted octanol–water partition coefficient (Wildman–Crippen LogP) is 2.44. The molecule has 0 bridgehead atoms. The van der Waals surface area contributed by atoms with Crippen LogP contribution in [0.15, 0.2) is 18.2 Å². The Bertz CT molecular complexity index is 463. The van der Waals surface area contributed by atoms with E-state index < -0.39 is 5.41 Å². The monoisotopic (exact) mass is 231 g/mol. The molecule has 1 amide bonds. The number of unbranched alkanes of at least 4 members (excludes halogenated alkanes) is 1. The van der Waals surface area contributed by atoms with Crippen molar-refractivity contribution in [2.45, 2.75) is 38.5 Å². The van der Waals surface area contributed by atoms with E-state index in [1.807, 2.05) is 26.0 Å². The number of anilines is 1. The number of aryl methyl sites for hydroxylation is 1. The zero-order valence-corrected chi connectivity index (χ0v) is 10.2. The minimum Gasteiger partial charge on any atom is -0.325 e. The third-order valence-electron chi connectivity index (χ3n) is 3.36. The van der Waals surface area contributed by atoms with E-state index in [4.69, 9.17) is 0 Å². The molecule has 1 heterocycles. The summed E-state index contributed by atoms with van der Waals surface area (Å²) in [5.41, 5.74) is 2.72. The van der Waals surface area contributed by atoms with Crippen LogP contribution < -0.4 is 5.32 Å². The summed E-state index contributed by atoms with van der Waals surface area (Å²) in [4.78, 5) is 22.0. The van der Waals surface area contributed by atoms with Crippen LogP contribution >= 0.6 is 0 Å². The van der Waals surface area contributed by atoms with Crippen LogP contribution in [0.25, 0.3) is 0 Å². The maximum Gasteiger partial charge on any atom is 0.234 e. The summed E-state index contributed by atoms with van der Waals surface area (Å²) in [7, 11) is 0. The topological polar surface area (TPSA) is 46.2 Å². The lowest BCUT2D eigenvalue weighted by molar-refractivity contribution is -0.119. The third-order valence-corrected chi connectivity index (χ3v) is 3.36. The Hall–Kier alpha value is -1.64. The SMILES string of the molecule is CC1(C)C(=O)Nc2ccc(CCCC=O)cc21. The van der Waals surface area contributed by atoms with Gasteiger partial charge in [0.15, 0.2) is 0 Å². The van der Waals surface area contributed by atoms with Gasteiger partial charge in [0.2, 0.25) is 5.91 Å². The summed E-state index contributed by atoms with van der Waals surface area (Å²) in [5, 5.41) is 2.89. The van der Waals surface area contributed by atoms with Crippen LogP contribution in [0.3, 0.4) is 0 Å². The van der Waals surface area contributed by atoms with Crippen LogP contribution in [0.1, 0.15) is 37.8 Å². The number of benzene rings is 1. The van der Waals surface area contributed by atoms with Gasteiger partial charge in [-0.1, -0.05) is 12.1 Å². The highest BCUT2D eigenvalue weighted by molar-refractivity contribution is 6.05. The molecule has 3 nitrogen and oxygen atoms in total. The number of carbonyl (C=O) groups is 2. The van der Waals surface area contributed by atoms with Crippen LogP contribution in [0.4, 0.5) is 5.69 Å². The first kappa shape index (κ1) is 11.8. The van der Waals surface area contributed by atoms with E-state index in [0.29, 0.717) is 6.42 Å². The average molecular weight is 231 g/mol. The Kier molecular flexibility index (Phi) is 3.01. The molecule has 17 heavy (non-hydrogen) atoms. The Morgan fingerprint density at radius 3 is 2.82 bits per heavy atom. The number of fused-ring (bicyclic) bond motifs is 1. The first-order valence-corrected chi connectivity index (χ1v) is 5.94. The van der Waals surface area contributed by atoms with Gasteiger partial charge in [0.05, 0.1) is 5.41 Å². The molecule has 0 saturated heterocycles. The van der Waals surface area contributed by atoms with E-state index in [-0.39, 0.29) is 5.91 Å². The van der Waals surface area contributed by atoms with E-state index >= 15 is 0 Å². The van der Waals surface area contributed by atoms with Crippen LogP contribution in [-0.4, -0.2) is 12.2 Å². The number of rotatable bonds is 4. The molecule has 0 fully saturated rings. The van der Waals surface area contributed by atoms with E-state index in [1.54, 1.807) is 0 Å². The predicted molar refractivity (Wildman–Crippen MR) is 67.1 cm³/mol. The number of aldehydes is 1. The maximum absolute atomic E-state index is 11.8. The van der Waals surface area contributed by atoms with Gasteiger partial charge < -0.3 is 10.1 Å². The van der Waals surface area contributed by atoms with Crippen molar-refractivity contribution in [3.05, 3.63) is 29.3 Å². The van der Waals surface area contributed by atoms with Crippen LogP contribution in [0, 0.1) is 0 Å². The smallest absolute Gasteiger partial charge is 0.234 e. The van der Waals surface area contributed by atoms with Crippen molar-refractivity contribution in [2.24, 2.45) is 0 Å². The van der Waals surface area contributed by atoms with Crippen molar-refractivity contribution >= 4 is 17.9 Å². The van der Waals surface area contributed by atoms with Gasteiger partial charge >= 0.3 is 0 Å². The molecule has 0 atom stereocenters. The molecule has 0 aliphatic carbocycles. The highest BCUT2D eigenvalue weighted by Gasteiger charge is 2.38. The summed E-state index contributed by atoms with van der Waals surface area (Å²) in [5.74, 6) is 0.0533. The van der Waals surface area contributed by atoms with Crippen molar-refractivity contribution in [1.82, 2.24) is 0 Å². The quantitative estimate of drug-likeness (QED) is 0.639. The second-order valence-corrected chi connectivity index (χ2v) is 5.02. The average Bonchev–Trinajstić information content (AvgIpc) is 2.51. The molecule has 0 radical (unpaired) electrons. The summed E-state index contributed by atoms with van der Waals surface area (Å²) in [6, 6.07) is 6.06. The molecule has 1 aliphatic rings. The largest absolute Gasteiger partial charge is 0.325 e. The summed E-state index contributed by atoms with van der Waals surface area (Å²) in [6.45, 7) is 3.87. The van der Waals surface area contributed by atoms with Crippen molar-refractivity contribution in [2.75, 3.05) is 5.32 Å². The van der Waals surface area contributed by atoms with Gasteiger partial charge in [0, 0.05) is 12.1 Å². The highest BCUT2D eigenvalue weighted by atomic mass is 16.2. The maximum atomic E-state index is 11.8. The molecule has 1 aromatic carbocycles. The minimum atomic E-state index is -0.448. The van der Waals surface area contributed by atoms with Gasteiger partial charge in [-0.2, -0.15) is 0 Å². The molecular weight excluding hydrogens is 214 g/mol. The molecule has 2 rings (SSSR count). The van der Waals surface area contributed by atoms with Crippen LogP contribution in [-0.2, 0) is 21.4 Å². The van der Waals surface area contributed by atoms with Crippen molar-refractivity contribution in [3.63, 3.8) is 0 Å². The Balaban J connectivity index is 2.23. The summed E-state index contributed by atoms with van der Waals surface area (Å²) < 4.78 is 0. The fourth-order valence-corrected chi connectivity index (χ4v) is 2.16. The highest BCUT2D eigenvalue weighted by Crippen LogP contribution is 2.37. The normalized spacial score (nSPS) is 16.5. The Morgan fingerprint density at radius 2 is 2.12 bits per heavy atom. The second-order valence-electron chi connectivity index (χ2n) is 5.02. The number of carbonyl (C=O) groups excluding carboxylic acids is 2. The van der Waals surface area contributed by atoms with Gasteiger partial charge in [-0.25, -0.2) is 0 Å². The molecule has 0 spiro atoms. The Labute approximate surface area is 101 Å². The van der Waals surface area contributed by atoms with E-state index in [0.717, 1.165) is 30.4 Å². The number of hydrogen-bond donors (Lipinski definition) is 1. The number of amides is 1. The van der Waals surface area contributed by atoms with Crippen molar-refractivity contribution < 1.29 is 9.59 Å². The standard InChI is InChI=1S/C14H17NO2/c1-14(2)11-9-10(5-3-4-8-16)6-7-12(11)15-13(14)17/h6-9H,3-5H2,1-2H3,(H,15,17). The number of nitrogens with one attached hydrogen (secondary N) is 1. The first-order valence-electron chi connectivity index (χ1n) is 5.94. The van der Waals surface area contributed by atoms with E-state index in [1.165, 1.54) is 5.56 Å². The fourth-order valence-electron chi connectivity index (χ4n) is 2.16. The van der Waals surface area contributed by atoms with Crippen LogP contribution in [0.5, 0.6) is 0 Å². The minimum absolute atomic E-state index is 0.0533. The zero-order valence-electron chi connectivity index (χ0n) is 10.2. The van der Waals surface area contributed by atoms with Gasteiger partial charge in [-0.3, -0.25) is 4.79 Å². The molecule has 90 valence electrons. The summed E-state index contributed by atoms with van der Waals surface area (Å²) >= 11 is 0. The molecule has 1 N–H and O–H groups in total. The lowest BCUT2D eigenvalue weighted by Gasteiger charge is -2.15.